The van der Waals surface area contributed by atoms with Crippen LogP contribution in [0.3, 0.4) is 0 Å². The van der Waals surface area contributed by atoms with Gasteiger partial charge in [0.15, 0.2) is 0 Å². The maximum Gasteiger partial charge on any atom is -0.0386 e. The molecule has 0 aliphatic heterocycles. The van der Waals surface area contributed by atoms with Gasteiger partial charge >= 0.3 is 0 Å². The molecule has 0 heterocycles. The third kappa shape index (κ3) is 6.25. The van der Waals surface area contributed by atoms with Gasteiger partial charge in [0.2, 0.25) is 0 Å². The molecule has 0 N–H and O–H groups in total. The van der Waals surface area contributed by atoms with Gasteiger partial charge in [0.05, 0.1) is 0 Å². The number of hydrogen-bond donors (Lipinski definition) is 0. The molecule has 2 saturated carbocycles. The monoisotopic (exact) mass is 306 g/mol. The zero-order chi connectivity index (χ0) is 15.6. The Labute approximate surface area is 140 Å². The first kappa shape index (κ1) is 18.3. The van der Waals surface area contributed by atoms with Crippen molar-refractivity contribution in [1.29, 1.82) is 0 Å². The molecule has 0 aromatic carbocycles. The maximum absolute atomic E-state index is 2.39. The molecule has 0 amide bonds. The van der Waals surface area contributed by atoms with E-state index in [0.29, 0.717) is 0 Å². The second kappa shape index (κ2) is 10.7. The Kier molecular flexibility index (Phi) is 8.93. The van der Waals surface area contributed by atoms with Gasteiger partial charge in [0.1, 0.15) is 0 Å². The molecule has 0 spiro atoms. The van der Waals surface area contributed by atoms with E-state index in [1.165, 1.54) is 44.9 Å². The lowest BCUT2D eigenvalue weighted by atomic mass is 9.68. The van der Waals surface area contributed by atoms with E-state index in [-0.39, 0.29) is 0 Å². The maximum atomic E-state index is 2.39. The predicted molar refractivity (Wildman–Crippen MR) is 99.2 cm³/mol. The van der Waals surface area contributed by atoms with Crippen molar-refractivity contribution in [2.24, 2.45) is 23.7 Å². The molecule has 2 fully saturated rings. The molecule has 2 aliphatic rings. The van der Waals surface area contributed by atoms with Crippen molar-refractivity contribution in [2.45, 2.75) is 117 Å². The van der Waals surface area contributed by atoms with E-state index in [0.717, 1.165) is 23.7 Å². The fourth-order valence-electron chi connectivity index (χ4n) is 5.23. The second-order valence-corrected chi connectivity index (χ2v) is 8.53. The standard InChI is InChI=1S/C22H42/c1-3-5-6-7-8-9-10-20-13-17-22(18-14-20)21-15-11-19(4-2)12-16-21/h19-22H,3-18H2,1-2H3/t19-,20?,21-,22?. The fourth-order valence-corrected chi connectivity index (χ4v) is 5.23. The van der Waals surface area contributed by atoms with Gasteiger partial charge in [-0.15, -0.1) is 0 Å². The predicted octanol–water partition coefficient (Wildman–Crippen LogP) is 7.76. The first-order chi connectivity index (χ1) is 10.8. The van der Waals surface area contributed by atoms with Crippen LogP contribution in [0.15, 0.2) is 0 Å². The quantitative estimate of drug-likeness (QED) is 0.382. The van der Waals surface area contributed by atoms with E-state index in [2.05, 4.69) is 13.8 Å². The molecule has 130 valence electrons. The molecule has 2 aliphatic carbocycles. The summed E-state index contributed by atoms with van der Waals surface area (Å²) in [6, 6.07) is 0. The summed E-state index contributed by atoms with van der Waals surface area (Å²) in [5, 5.41) is 0. The molecule has 0 heteroatoms. The summed E-state index contributed by atoms with van der Waals surface area (Å²) in [4.78, 5) is 0. The molecule has 22 heavy (non-hydrogen) atoms. The summed E-state index contributed by atoms with van der Waals surface area (Å²) in [7, 11) is 0. The summed E-state index contributed by atoms with van der Waals surface area (Å²) >= 11 is 0. The van der Waals surface area contributed by atoms with Crippen LogP contribution < -0.4 is 0 Å². The van der Waals surface area contributed by atoms with Gasteiger partial charge in [-0.3, -0.25) is 0 Å². The Bertz CT molecular complexity index is 253. The van der Waals surface area contributed by atoms with Gasteiger partial charge in [0, 0.05) is 0 Å². The first-order valence-electron chi connectivity index (χ1n) is 10.8. The van der Waals surface area contributed by atoms with Crippen LogP contribution in [0.2, 0.25) is 0 Å². The molecule has 0 nitrogen and oxygen atoms in total. The minimum absolute atomic E-state index is 1.07. The van der Waals surface area contributed by atoms with Crippen LogP contribution in [-0.2, 0) is 0 Å². The van der Waals surface area contributed by atoms with Crippen LogP contribution in [-0.4, -0.2) is 0 Å². The largest absolute Gasteiger partial charge is 0.0654 e. The number of hydrogen-bond acceptors (Lipinski definition) is 0. The lowest BCUT2D eigenvalue weighted by Crippen LogP contribution is -2.25. The molecule has 0 saturated heterocycles. The average Bonchev–Trinajstić information content (AvgIpc) is 2.59. The Balaban J connectivity index is 1.52. The van der Waals surface area contributed by atoms with E-state index in [1.807, 2.05) is 0 Å². The Morgan fingerprint density at radius 3 is 1.59 bits per heavy atom. The molecular formula is C22H42. The van der Waals surface area contributed by atoms with Crippen molar-refractivity contribution in [3.8, 4) is 0 Å². The van der Waals surface area contributed by atoms with Gasteiger partial charge in [-0.2, -0.15) is 0 Å². The van der Waals surface area contributed by atoms with Gasteiger partial charge < -0.3 is 0 Å². The molecule has 2 rings (SSSR count). The molecule has 0 aromatic rings. The van der Waals surface area contributed by atoms with Gasteiger partial charge in [0.25, 0.3) is 0 Å². The van der Waals surface area contributed by atoms with E-state index in [1.54, 1.807) is 57.8 Å². The SMILES string of the molecule is CCCCCCCCC1CCC([C@H]2CC[C@H](CC)CC2)CC1. The highest BCUT2D eigenvalue weighted by molar-refractivity contribution is 4.81. The molecule has 0 atom stereocenters. The van der Waals surface area contributed by atoms with Gasteiger partial charge in [-0.25, -0.2) is 0 Å². The minimum Gasteiger partial charge on any atom is -0.0654 e. The van der Waals surface area contributed by atoms with Crippen LogP contribution in [0.25, 0.3) is 0 Å². The van der Waals surface area contributed by atoms with Gasteiger partial charge in [-0.05, 0) is 49.4 Å². The smallest absolute Gasteiger partial charge is 0.0386 e. The second-order valence-electron chi connectivity index (χ2n) is 8.53. The summed E-state index contributed by atoms with van der Waals surface area (Å²) in [6.45, 7) is 4.70. The molecule has 0 radical (unpaired) electrons. The Morgan fingerprint density at radius 1 is 0.545 bits per heavy atom. The van der Waals surface area contributed by atoms with Crippen molar-refractivity contribution < 1.29 is 0 Å². The topological polar surface area (TPSA) is 0 Å². The summed E-state index contributed by atoms with van der Waals surface area (Å²) in [5.41, 5.74) is 0. The van der Waals surface area contributed by atoms with E-state index >= 15 is 0 Å². The average molecular weight is 307 g/mol. The highest BCUT2D eigenvalue weighted by Gasteiger charge is 2.30. The summed E-state index contributed by atoms with van der Waals surface area (Å²) < 4.78 is 0. The third-order valence-electron chi connectivity index (χ3n) is 6.99. The van der Waals surface area contributed by atoms with Crippen molar-refractivity contribution in [1.82, 2.24) is 0 Å². The number of rotatable bonds is 9. The first-order valence-corrected chi connectivity index (χ1v) is 10.8. The van der Waals surface area contributed by atoms with Crippen molar-refractivity contribution >= 4 is 0 Å². The van der Waals surface area contributed by atoms with E-state index < -0.39 is 0 Å². The van der Waals surface area contributed by atoms with Crippen molar-refractivity contribution in [3.05, 3.63) is 0 Å². The zero-order valence-electron chi connectivity index (χ0n) is 15.6. The molecular weight excluding hydrogens is 264 g/mol. The fraction of sp³-hybridized carbons (Fsp3) is 1.00. The van der Waals surface area contributed by atoms with Crippen LogP contribution in [0, 0.1) is 23.7 Å². The highest BCUT2D eigenvalue weighted by atomic mass is 14.4. The van der Waals surface area contributed by atoms with Crippen LogP contribution in [0.5, 0.6) is 0 Å². The lowest BCUT2D eigenvalue weighted by molar-refractivity contribution is 0.141. The van der Waals surface area contributed by atoms with Crippen molar-refractivity contribution in [2.75, 3.05) is 0 Å². The van der Waals surface area contributed by atoms with Crippen LogP contribution in [0.4, 0.5) is 0 Å². The minimum atomic E-state index is 1.07. The van der Waals surface area contributed by atoms with E-state index in [9.17, 15) is 0 Å². The van der Waals surface area contributed by atoms with Gasteiger partial charge in [-0.1, -0.05) is 90.9 Å². The zero-order valence-corrected chi connectivity index (χ0v) is 15.6. The molecule has 0 aromatic heterocycles. The van der Waals surface area contributed by atoms with Crippen LogP contribution in [0.1, 0.15) is 117 Å². The summed E-state index contributed by atoms with van der Waals surface area (Å²) in [6.07, 6.45) is 24.3. The molecule has 0 unspecified atom stereocenters. The van der Waals surface area contributed by atoms with E-state index in [4.69, 9.17) is 0 Å². The van der Waals surface area contributed by atoms with Crippen molar-refractivity contribution in [3.63, 3.8) is 0 Å². The normalized spacial score (nSPS) is 33.0. The molecule has 0 bridgehead atoms. The van der Waals surface area contributed by atoms with Crippen LogP contribution >= 0.6 is 0 Å². The third-order valence-corrected chi connectivity index (χ3v) is 6.99. The summed E-state index contributed by atoms with van der Waals surface area (Å²) in [5.74, 6) is 4.38. The Morgan fingerprint density at radius 2 is 1.05 bits per heavy atom. The number of unbranched alkanes of at least 4 members (excludes halogenated alkanes) is 5. The Hall–Kier alpha value is 0. The highest BCUT2D eigenvalue weighted by Crippen LogP contribution is 2.42. The lowest BCUT2D eigenvalue weighted by Gasteiger charge is -2.37.